The van der Waals surface area contributed by atoms with Crippen molar-refractivity contribution in [3.63, 3.8) is 0 Å². The van der Waals surface area contributed by atoms with Crippen molar-refractivity contribution in [1.29, 1.82) is 0 Å². The van der Waals surface area contributed by atoms with Gasteiger partial charge in [-0.15, -0.1) is 0 Å². The molecule has 0 spiro atoms. The summed E-state index contributed by atoms with van der Waals surface area (Å²) in [4.78, 5) is 15.1. The number of nitrogens with one attached hydrogen (secondary N) is 1. The summed E-state index contributed by atoms with van der Waals surface area (Å²) >= 11 is 0. The van der Waals surface area contributed by atoms with Gasteiger partial charge in [-0.3, -0.25) is 4.79 Å². The number of carbonyl (C=O) groups excluding carboxylic acids is 1. The van der Waals surface area contributed by atoms with E-state index in [9.17, 15) is 4.79 Å². The second-order valence-corrected chi connectivity index (χ2v) is 6.87. The van der Waals surface area contributed by atoms with Crippen molar-refractivity contribution < 1.29 is 9.53 Å². The summed E-state index contributed by atoms with van der Waals surface area (Å²) in [7, 11) is 0. The maximum absolute atomic E-state index is 12.5. The van der Waals surface area contributed by atoms with Gasteiger partial charge in [0.05, 0.1) is 6.61 Å². The molecule has 122 valence electrons. The van der Waals surface area contributed by atoms with Crippen molar-refractivity contribution in [3.05, 3.63) is 0 Å². The Hall–Kier alpha value is -0.610. The number of esters is 1. The van der Waals surface area contributed by atoms with Gasteiger partial charge >= 0.3 is 5.97 Å². The molecule has 0 bridgehead atoms. The van der Waals surface area contributed by atoms with Crippen LogP contribution >= 0.6 is 0 Å². The number of hydrogen-bond acceptors (Lipinski definition) is 4. The van der Waals surface area contributed by atoms with Gasteiger partial charge in [-0.1, -0.05) is 13.8 Å². The minimum atomic E-state index is -0.433. The van der Waals surface area contributed by atoms with Gasteiger partial charge in [0.25, 0.3) is 0 Å². The molecule has 2 rings (SSSR count). The van der Waals surface area contributed by atoms with Crippen LogP contribution in [-0.2, 0) is 9.53 Å². The quantitative estimate of drug-likeness (QED) is 0.765. The van der Waals surface area contributed by atoms with Crippen LogP contribution in [-0.4, -0.2) is 48.7 Å². The predicted molar refractivity (Wildman–Crippen MR) is 85.3 cm³/mol. The van der Waals surface area contributed by atoms with Crippen LogP contribution in [0.25, 0.3) is 0 Å². The molecule has 1 aliphatic heterocycles. The molecule has 1 saturated heterocycles. The molecule has 0 aromatic carbocycles. The van der Waals surface area contributed by atoms with Gasteiger partial charge in [0.1, 0.15) is 5.54 Å². The molecule has 1 heterocycles. The van der Waals surface area contributed by atoms with Crippen molar-refractivity contribution in [2.45, 2.75) is 70.9 Å². The lowest BCUT2D eigenvalue weighted by molar-refractivity contribution is -0.151. The zero-order chi connectivity index (χ0) is 15.3. The molecule has 3 atom stereocenters. The van der Waals surface area contributed by atoms with Crippen molar-refractivity contribution >= 4 is 5.97 Å². The molecule has 0 amide bonds. The van der Waals surface area contributed by atoms with Gasteiger partial charge in [-0.05, 0) is 64.5 Å². The van der Waals surface area contributed by atoms with Crippen LogP contribution in [0.1, 0.15) is 59.3 Å². The highest BCUT2D eigenvalue weighted by molar-refractivity contribution is 5.81. The van der Waals surface area contributed by atoms with Crippen LogP contribution in [0.4, 0.5) is 0 Å². The van der Waals surface area contributed by atoms with Crippen LogP contribution in [0.3, 0.4) is 0 Å². The summed E-state index contributed by atoms with van der Waals surface area (Å²) in [6.45, 7) is 10.1. The molecule has 1 N–H and O–H groups in total. The van der Waals surface area contributed by atoms with Gasteiger partial charge in [-0.25, -0.2) is 0 Å². The predicted octanol–water partition coefficient (Wildman–Crippen LogP) is 2.57. The molecule has 0 aromatic rings. The first kappa shape index (κ1) is 16.8. The second-order valence-electron chi connectivity index (χ2n) is 6.87. The van der Waals surface area contributed by atoms with E-state index in [0.29, 0.717) is 12.6 Å². The highest BCUT2D eigenvalue weighted by Gasteiger charge is 2.47. The van der Waals surface area contributed by atoms with E-state index in [4.69, 9.17) is 4.74 Å². The molecule has 0 aromatic heterocycles. The van der Waals surface area contributed by atoms with Crippen molar-refractivity contribution in [2.75, 3.05) is 26.2 Å². The first-order chi connectivity index (χ1) is 10.1. The topological polar surface area (TPSA) is 41.6 Å². The van der Waals surface area contributed by atoms with Crippen molar-refractivity contribution in [3.8, 4) is 0 Å². The van der Waals surface area contributed by atoms with Crippen LogP contribution in [0, 0.1) is 5.92 Å². The molecule has 4 heteroatoms. The smallest absolute Gasteiger partial charge is 0.326 e. The Morgan fingerprint density at radius 3 is 2.86 bits per heavy atom. The van der Waals surface area contributed by atoms with E-state index in [0.717, 1.165) is 38.1 Å². The maximum atomic E-state index is 12.5. The molecule has 21 heavy (non-hydrogen) atoms. The highest BCUT2D eigenvalue weighted by Crippen LogP contribution is 2.36. The minimum Gasteiger partial charge on any atom is -0.465 e. The van der Waals surface area contributed by atoms with E-state index in [-0.39, 0.29) is 5.97 Å². The Balaban J connectivity index is 2.01. The SMILES string of the molecule is CCCNC1(C(=O)OCC)CCC(N2CCCC(C)C2)C1. The van der Waals surface area contributed by atoms with Crippen molar-refractivity contribution in [1.82, 2.24) is 10.2 Å². The Labute approximate surface area is 129 Å². The van der Waals surface area contributed by atoms with E-state index in [1.54, 1.807) is 0 Å². The van der Waals surface area contributed by atoms with E-state index < -0.39 is 5.54 Å². The Morgan fingerprint density at radius 1 is 1.38 bits per heavy atom. The van der Waals surface area contributed by atoms with Crippen LogP contribution in [0.2, 0.25) is 0 Å². The fourth-order valence-electron chi connectivity index (χ4n) is 3.94. The van der Waals surface area contributed by atoms with Crippen molar-refractivity contribution in [2.24, 2.45) is 5.92 Å². The molecular formula is C17H32N2O2. The Kier molecular flexibility index (Phi) is 6.06. The zero-order valence-electron chi connectivity index (χ0n) is 14.0. The van der Waals surface area contributed by atoms with E-state index in [1.165, 1.54) is 25.9 Å². The molecular weight excluding hydrogens is 264 g/mol. The summed E-state index contributed by atoms with van der Waals surface area (Å²) in [5.41, 5.74) is -0.433. The van der Waals surface area contributed by atoms with E-state index >= 15 is 0 Å². The first-order valence-electron chi connectivity index (χ1n) is 8.77. The van der Waals surface area contributed by atoms with Crippen LogP contribution in [0.5, 0.6) is 0 Å². The summed E-state index contributed by atoms with van der Waals surface area (Å²) in [6.07, 6.45) is 6.64. The highest BCUT2D eigenvalue weighted by atomic mass is 16.5. The first-order valence-corrected chi connectivity index (χ1v) is 8.77. The second kappa shape index (κ2) is 7.59. The summed E-state index contributed by atoms with van der Waals surface area (Å²) in [5, 5.41) is 3.51. The van der Waals surface area contributed by atoms with E-state index in [1.807, 2.05) is 6.92 Å². The zero-order valence-corrected chi connectivity index (χ0v) is 14.0. The van der Waals surface area contributed by atoms with Crippen LogP contribution in [0.15, 0.2) is 0 Å². The standard InChI is InChI=1S/C17H32N2O2/c1-4-10-18-17(16(20)21-5-2)9-8-15(12-17)19-11-6-7-14(3)13-19/h14-15,18H,4-13H2,1-3H3. The summed E-state index contributed by atoms with van der Waals surface area (Å²) < 4.78 is 5.36. The molecule has 4 nitrogen and oxygen atoms in total. The number of carbonyl (C=O) groups is 1. The van der Waals surface area contributed by atoms with Gasteiger partial charge in [0.15, 0.2) is 0 Å². The van der Waals surface area contributed by atoms with Gasteiger partial charge < -0.3 is 15.0 Å². The average Bonchev–Trinajstić information content (AvgIpc) is 2.91. The molecule has 2 fully saturated rings. The number of likely N-dealkylation sites (tertiary alicyclic amines) is 1. The number of rotatable bonds is 6. The fourth-order valence-corrected chi connectivity index (χ4v) is 3.94. The number of ether oxygens (including phenoxy) is 1. The lowest BCUT2D eigenvalue weighted by atomic mass is 9.95. The molecule has 0 radical (unpaired) electrons. The molecule has 3 unspecified atom stereocenters. The monoisotopic (exact) mass is 296 g/mol. The largest absolute Gasteiger partial charge is 0.465 e. The minimum absolute atomic E-state index is 0.0361. The Morgan fingerprint density at radius 2 is 2.19 bits per heavy atom. The summed E-state index contributed by atoms with van der Waals surface area (Å²) in [5.74, 6) is 0.756. The number of hydrogen-bond donors (Lipinski definition) is 1. The normalized spacial score (nSPS) is 34.0. The fraction of sp³-hybridized carbons (Fsp3) is 0.941. The van der Waals surface area contributed by atoms with Gasteiger partial charge in [-0.2, -0.15) is 0 Å². The third kappa shape index (κ3) is 3.98. The van der Waals surface area contributed by atoms with E-state index in [2.05, 4.69) is 24.1 Å². The lowest BCUT2D eigenvalue weighted by Crippen LogP contribution is -2.53. The summed E-state index contributed by atoms with van der Waals surface area (Å²) in [6, 6.07) is 0.543. The van der Waals surface area contributed by atoms with Crippen LogP contribution < -0.4 is 5.32 Å². The molecule has 1 aliphatic carbocycles. The Bertz CT molecular complexity index is 348. The molecule has 1 saturated carbocycles. The van der Waals surface area contributed by atoms with Gasteiger partial charge in [0, 0.05) is 12.6 Å². The maximum Gasteiger partial charge on any atom is 0.326 e. The third-order valence-corrected chi connectivity index (χ3v) is 5.07. The molecule has 2 aliphatic rings. The number of nitrogens with zero attached hydrogens (tertiary/aromatic N) is 1. The average molecular weight is 296 g/mol. The lowest BCUT2D eigenvalue weighted by Gasteiger charge is -2.36. The van der Waals surface area contributed by atoms with Gasteiger partial charge in [0.2, 0.25) is 0 Å². The number of piperidine rings is 1. The third-order valence-electron chi connectivity index (χ3n) is 5.07.